The average Bonchev–Trinajstić information content (AvgIpc) is 2.69. The van der Waals surface area contributed by atoms with Gasteiger partial charge in [-0.05, 0) is 35.2 Å². The number of hydrogen-bond donors (Lipinski definition) is 2. The number of rotatable bonds is 9. The number of aryl methyl sites for hydroxylation is 2. The van der Waals surface area contributed by atoms with Gasteiger partial charge in [0.25, 0.3) is 0 Å². The molecule has 0 saturated heterocycles. The summed E-state index contributed by atoms with van der Waals surface area (Å²) in [5, 5.41) is 4.50. The van der Waals surface area contributed by atoms with Crippen molar-refractivity contribution in [1.29, 1.82) is 0 Å². The van der Waals surface area contributed by atoms with Crippen LogP contribution >= 0.6 is 15.9 Å². The molecule has 0 aliphatic heterocycles. The van der Waals surface area contributed by atoms with E-state index in [1.165, 1.54) is 5.69 Å². The van der Waals surface area contributed by atoms with Crippen molar-refractivity contribution in [2.24, 2.45) is 12.9 Å². The van der Waals surface area contributed by atoms with Crippen LogP contribution in [0.5, 0.6) is 0 Å². The third-order valence-electron chi connectivity index (χ3n) is 3.14. The lowest BCUT2D eigenvalue weighted by Crippen LogP contribution is -2.38. The summed E-state index contributed by atoms with van der Waals surface area (Å²) in [7, 11) is 1.97. The summed E-state index contributed by atoms with van der Waals surface area (Å²) in [6.45, 7) is 5.76. The van der Waals surface area contributed by atoms with E-state index in [-0.39, 0.29) is 6.04 Å². The molecule has 0 aromatic carbocycles. The summed E-state index contributed by atoms with van der Waals surface area (Å²) in [5.74, 6) is 5.62. The lowest BCUT2D eigenvalue weighted by Gasteiger charge is -2.16. The highest BCUT2D eigenvalue weighted by molar-refractivity contribution is 9.10. The van der Waals surface area contributed by atoms with Crippen molar-refractivity contribution in [3.63, 3.8) is 0 Å². The van der Waals surface area contributed by atoms with Crippen molar-refractivity contribution in [3.05, 3.63) is 15.9 Å². The first-order valence-corrected chi connectivity index (χ1v) is 7.67. The Morgan fingerprint density at radius 1 is 1.42 bits per heavy atom. The number of nitrogens with one attached hydrogen (secondary N) is 1. The maximum atomic E-state index is 5.62. The van der Waals surface area contributed by atoms with Gasteiger partial charge in [0.05, 0.1) is 15.9 Å². The summed E-state index contributed by atoms with van der Waals surface area (Å²) in [5.41, 5.74) is 5.14. The predicted molar refractivity (Wildman–Crippen MR) is 80.8 cm³/mol. The van der Waals surface area contributed by atoms with E-state index in [0.717, 1.165) is 49.1 Å². The SMILES string of the molecule is CCCOCCC(Cc1c(Br)c(CC)nn1C)NN. The predicted octanol–water partition coefficient (Wildman–Crippen LogP) is 1.94. The van der Waals surface area contributed by atoms with Crippen LogP contribution in [-0.2, 0) is 24.6 Å². The Hall–Kier alpha value is -0.430. The van der Waals surface area contributed by atoms with Gasteiger partial charge in [-0.25, -0.2) is 0 Å². The normalized spacial score (nSPS) is 12.9. The second-order valence-electron chi connectivity index (χ2n) is 4.65. The average molecular weight is 333 g/mol. The maximum Gasteiger partial charge on any atom is 0.0766 e. The molecule has 0 bridgehead atoms. The van der Waals surface area contributed by atoms with E-state index in [1.54, 1.807) is 0 Å². The minimum absolute atomic E-state index is 0.202. The summed E-state index contributed by atoms with van der Waals surface area (Å²) >= 11 is 3.63. The van der Waals surface area contributed by atoms with Gasteiger partial charge in [0.1, 0.15) is 0 Å². The van der Waals surface area contributed by atoms with E-state index in [2.05, 4.69) is 40.3 Å². The fraction of sp³-hybridized carbons (Fsp3) is 0.769. The van der Waals surface area contributed by atoms with Crippen LogP contribution < -0.4 is 11.3 Å². The zero-order chi connectivity index (χ0) is 14.3. The first kappa shape index (κ1) is 16.6. The van der Waals surface area contributed by atoms with Crippen LogP contribution in [0.15, 0.2) is 4.47 Å². The molecule has 1 rings (SSSR count). The van der Waals surface area contributed by atoms with Crippen LogP contribution in [0.4, 0.5) is 0 Å². The second kappa shape index (κ2) is 8.68. The van der Waals surface area contributed by atoms with Crippen LogP contribution in [-0.4, -0.2) is 29.0 Å². The van der Waals surface area contributed by atoms with Gasteiger partial charge in [-0.1, -0.05) is 13.8 Å². The van der Waals surface area contributed by atoms with Gasteiger partial charge in [0, 0.05) is 32.7 Å². The number of nitrogens with zero attached hydrogens (tertiary/aromatic N) is 2. The Balaban J connectivity index is 2.57. The molecule has 110 valence electrons. The molecule has 5 nitrogen and oxygen atoms in total. The van der Waals surface area contributed by atoms with Crippen molar-refractivity contribution >= 4 is 15.9 Å². The highest BCUT2D eigenvalue weighted by Gasteiger charge is 2.16. The quantitative estimate of drug-likeness (QED) is 0.412. The Kier molecular flexibility index (Phi) is 7.60. The standard InChI is InChI=1S/C13H25BrN4O/c1-4-7-19-8-6-10(16-15)9-12-13(14)11(5-2)17-18(12)3/h10,16H,4-9,15H2,1-3H3. The number of aromatic nitrogens is 2. The van der Waals surface area contributed by atoms with Crippen LogP contribution in [0.2, 0.25) is 0 Å². The molecule has 1 heterocycles. The molecule has 19 heavy (non-hydrogen) atoms. The highest BCUT2D eigenvalue weighted by atomic mass is 79.9. The van der Waals surface area contributed by atoms with Crippen molar-refractivity contribution < 1.29 is 4.74 Å². The second-order valence-corrected chi connectivity index (χ2v) is 5.45. The molecule has 3 N–H and O–H groups in total. The fourth-order valence-corrected chi connectivity index (χ4v) is 2.77. The van der Waals surface area contributed by atoms with E-state index in [1.807, 2.05) is 11.7 Å². The molecule has 6 heteroatoms. The van der Waals surface area contributed by atoms with Crippen LogP contribution in [0.3, 0.4) is 0 Å². The molecular formula is C13H25BrN4O. The molecule has 1 atom stereocenters. The van der Waals surface area contributed by atoms with Crippen molar-refractivity contribution in [2.75, 3.05) is 13.2 Å². The monoisotopic (exact) mass is 332 g/mol. The molecule has 1 unspecified atom stereocenters. The van der Waals surface area contributed by atoms with E-state index < -0.39 is 0 Å². The molecule has 0 aliphatic carbocycles. The number of hydrogen-bond acceptors (Lipinski definition) is 4. The summed E-state index contributed by atoms with van der Waals surface area (Å²) < 4.78 is 8.54. The van der Waals surface area contributed by atoms with Gasteiger partial charge in [-0.2, -0.15) is 5.10 Å². The number of hydrazine groups is 1. The zero-order valence-corrected chi connectivity index (χ0v) is 13.7. The smallest absolute Gasteiger partial charge is 0.0766 e. The Bertz CT molecular complexity index is 381. The maximum absolute atomic E-state index is 5.62. The van der Waals surface area contributed by atoms with Crippen LogP contribution in [0.1, 0.15) is 38.1 Å². The van der Waals surface area contributed by atoms with E-state index in [0.29, 0.717) is 0 Å². The van der Waals surface area contributed by atoms with E-state index in [9.17, 15) is 0 Å². The zero-order valence-electron chi connectivity index (χ0n) is 12.1. The van der Waals surface area contributed by atoms with Gasteiger partial charge in [-0.3, -0.25) is 16.0 Å². The van der Waals surface area contributed by atoms with E-state index in [4.69, 9.17) is 10.6 Å². The molecular weight excluding hydrogens is 308 g/mol. The molecule has 0 spiro atoms. The van der Waals surface area contributed by atoms with Crippen molar-refractivity contribution in [2.45, 2.75) is 45.6 Å². The van der Waals surface area contributed by atoms with Crippen LogP contribution in [0, 0.1) is 0 Å². The van der Waals surface area contributed by atoms with Crippen LogP contribution in [0.25, 0.3) is 0 Å². The topological polar surface area (TPSA) is 65.1 Å². The Morgan fingerprint density at radius 3 is 2.68 bits per heavy atom. The van der Waals surface area contributed by atoms with Gasteiger partial charge in [0.2, 0.25) is 0 Å². The minimum Gasteiger partial charge on any atom is -0.381 e. The lowest BCUT2D eigenvalue weighted by atomic mass is 10.1. The first-order chi connectivity index (χ1) is 9.13. The van der Waals surface area contributed by atoms with Gasteiger partial charge in [-0.15, -0.1) is 0 Å². The summed E-state index contributed by atoms with van der Waals surface area (Å²) in [6, 6.07) is 0.202. The molecule has 1 aromatic rings. The molecule has 1 aromatic heterocycles. The summed E-state index contributed by atoms with van der Waals surface area (Å²) in [4.78, 5) is 0. The third-order valence-corrected chi connectivity index (χ3v) is 4.05. The van der Waals surface area contributed by atoms with E-state index >= 15 is 0 Å². The first-order valence-electron chi connectivity index (χ1n) is 6.88. The number of halogens is 1. The van der Waals surface area contributed by atoms with Crippen molar-refractivity contribution in [1.82, 2.24) is 15.2 Å². The molecule has 0 fully saturated rings. The lowest BCUT2D eigenvalue weighted by molar-refractivity contribution is 0.124. The molecule has 0 aliphatic rings. The summed E-state index contributed by atoms with van der Waals surface area (Å²) in [6.07, 6.45) is 3.72. The minimum atomic E-state index is 0.202. The Morgan fingerprint density at radius 2 is 2.16 bits per heavy atom. The highest BCUT2D eigenvalue weighted by Crippen LogP contribution is 2.23. The van der Waals surface area contributed by atoms with Gasteiger partial charge in [0.15, 0.2) is 0 Å². The fourth-order valence-electron chi connectivity index (χ4n) is 1.99. The molecule has 0 amide bonds. The molecule has 0 radical (unpaired) electrons. The number of nitrogens with two attached hydrogens (primary N) is 1. The largest absolute Gasteiger partial charge is 0.381 e. The Labute approximate surface area is 124 Å². The van der Waals surface area contributed by atoms with Gasteiger partial charge < -0.3 is 4.74 Å². The molecule has 0 saturated carbocycles. The van der Waals surface area contributed by atoms with Gasteiger partial charge >= 0.3 is 0 Å². The number of ether oxygens (including phenoxy) is 1. The van der Waals surface area contributed by atoms with Crippen molar-refractivity contribution in [3.8, 4) is 0 Å². The third kappa shape index (κ3) is 4.87.